The van der Waals surface area contributed by atoms with Crippen LogP contribution in [0.2, 0.25) is 0 Å². The van der Waals surface area contributed by atoms with Crippen molar-refractivity contribution < 1.29 is 8.42 Å². The minimum absolute atomic E-state index is 0.205. The standard InChI is InChI=1S/C18H24N6O2S/c19-13-6-8-14(9-7-13)21-17-12-16(18-20-10-11-24(18)22-17)23-27(25,26)15-4-2-1-3-5-15/h1-5,12-14,23H,6-11,19H2,(H,21,22). The van der Waals surface area contributed by atoms with E-state index in [-0.39, 0.29) is 17.0 Å². The number of amidine groups is 2. The Labute approximate surface area is 159 Å². The van der Waals surface area contributed by atoms with Crippen molar-refractivity contribution in [3.05, 3.63) is 42.1 Å². The Kier molecular flexibility index (Phi) is 4.88. The molecule has 27 heavy (non-hydrogen) atoms. The molecule has 1 saturated carbocycles. The van der Waals surface area contributed by atoms with Gasteiger partial charge in [0.2, 0.25) is 0 Å². The summed E-state index contributed by atoms with van der Waals surface area (Å²) in [6.07, 6.45) is 5.57. The fourth-order valence-electron chi connectivity index (χ4n) is 3.53. The van der Waals surface area contributed by atoms with Crippen molar-refractivity contribution in [1.29, 1.82) is 0 Å². The molecular formula is C18H24N6O2S. The molecule has 2 aliphatic heterocycles. The lowest BCUT2D eigenvalue weighted by Crippen LogP contribution is -2.51. The molecule has 0 saturated heterocycles. The minimum Gasteiger partial charge on any atom is -0.328 e. The molecule has 0 aromatic heterocycles. The summed E-state index contributed by atoms with van der Waals surface area (Å²) in [6, 6.07) is 8.79. The highest BCUT2D eigenvalue weighted by molar-refractivity contribution is 7.89. The van der Waals surface area contributed by atoms with Gasteiger partial charge in [0.05, 0.1) is 29.7 Å². The lowest BCUT2D eigenvalue weighted by atomic mass is 9.92. The summed E-state index contributed by atoms with van der Waals surface area (Å²) in [5.41, 5.74) is 9.66. The summed E-state index contributed by atoms with van der Waals surface area (Å²) < 4.78 is 28.1. The normalized spacial score (nSPS) is 26.9. The zero-order valence-corrected chi connectivity index (χ0v) is 15.8. The number of sulfonamides is 1. The van der Waals surface area contributed by atoms with Gasteiger partial charge in [-0.3, -0.25) is 25.1 Å². The predicted molar refractivity (Wildman–Crippen MR) is 105 cm³/mol. The van der Waals surface area contributed by atoms with Gasteiger partial charge < -0.3 is 5.73 Å². The van der Waals surface area contributed by atoms with Gasteiger partial charge in [-0.2, -0.15) is 0 Å². The minimum atomic E-state index is -3.69. The Balaban J connectivity index is 1.60. The van der Waals surface area contributed by atoms with E-state index in [1.807, 2.05) is 5.01 Å². The van der Waals surface area contributed by atoms with E-state index in [1.165, 1.54) is 0 Å². The number of aliphatic imine (C=N–C) groups is 2. The van der Waals surface area contributed by atoms with Gasteiger partial charge in [-0.15, -0.1) is 0 Å². The van der Waals surface area contributed by atoms with Crippen LogP contribution >= 0.6 is 0 Å². The molecule has 1 aliphatic carbocycles. The third-order valence-electron chi connectivity index (χ3n) is 4.97. The average Bonchev–Trinajstić information content (AvgIpc) is 3.13. The van der Waals surface area contributed by atoms with Crippen molar-refractivity contribution in [3.63, 3.8) is 0 Å². The average molecular weight is 388 g/mol. The van der Waals surface area contributed by atoms with E-state index in [0.717, 1.165) is 25.7 Å². The Morgan fingerprint density at radius 3 is 2.67 bits per heavy atom. The van der Waals surface area contributed by atoms with Gasteiger partial charge in [-0.05, 0) is 37.8 Å². The summed E-state index contributed by atoms with van der Waals surface area (Å²) >= 11 is 0. The Morgan fingerprint density at radius 2 is 1.93 bits per heavy atom. The first-order valence-corrected chi connectivity index (χ1v) is 10.7. The zero-order valence-electron chi connectivity index (χ0n) is 15.0. The molecule has 0 amide bonds. The third kappa shape index (κ3) is 3.98. The van der Waals surface area contributed by atoms with Crippen molar-refractivity contribution in [3.8, 4) is 0 Å². The molecule has 1 aromatic carbocycles. The lowest BCUT2D eigenvalue weighted by Gasteiger charge is -2.30. The van der Waals surface area contributed by atoms with E-state index in [0.29, 0.717) is 30.5 Å². The molecule has 3 aliphatic rings. The van der Waals surface area contributed by atoms with E-state index in [9.17, 15) is 8.42 Å². The first kappa shape index (κ1) is 18.0. The maximum absolute atomic E-state index is 12.7. The van der Waals surface area contributed by atoms with Crippen LogP contribution in [0.25, 0.3) is 0 Å². The zero-order chi connectivity index (χ0) is 18.9. The highest BCUT2D eigenvalue weighted by Gasteiger charge is 2.30. The Morgan fingerprint density at radius 1 is 1.19 bits per heavy atom. The summed E-state index contributed by atoms with van der Waals surface area (Å²) in [5.74, 6) is 1.25. The Bertz CT molecular complexity index is 886. The fraction of sp³-hybridized carbons (Fsp3) is 0.444. The van der Waals surface area contributed by atoms with Gasteiger partial charge in [-0.25, -0.2) is 8.42 Å². The highest BCUT2D eigenvalue weighted by atomic mass is 32.2. The maximum atomic E-state index is 12.7. The second-order valence-corrected chi connectivity index (χ2v) is 8.71. The summed E-state index contributed by atoms with van der Waals surface area (Å²) in [4.78, 5) is 9.42. The number of nitrogens with two attached hydrogens (primary N) is 1. The van der Waals surface area contributed by atoms with Crippen molar-refractivity contribution in [2.45, 2.75) is 42.7 Å². The second-order valence-electron chi connectivity index (χ2n) is 7.03. The van der Waals surface area contributed by atoms with E-state index >= 15 is 0 Å². The molecular weight excluding hydrogens is 364 g/mol. The van der Waals surface area contributed by atoms with Crippen LogP contribution in [0, 0.1) is 0 Å². The number of fused-ring (bicyclic) bond motifs is 1. The van der Waals surface area contributed by atoms with Crippen LogP contribution in [0.15, 0.2) is 57.0 Å². The fourth-order valence-corrected chi connectivity index (χ4v) is 4.60. The van der Waals surface area contributed by atoms with Crippen LogP contribution < -0.4 is 15.9 Å². The van der Waals surface area contributed by atoms with Crippen LogP contribution in [-0.4, -0.2) is 50.3 Å². The maximum Gasteiger partial charge on any atom is 0.262 e. The number of nitrogens with one attached hydrogen (secondary N) is 2. The largest absolute Gasteiger partial charge is 0.328 e. The first-order valence-electron chi connectivity index (χ1n) is 9.23. The van der Waals surface area contributed by atoms with Crippen molar-refractivity contribution in [1.82, 2.24) is 15.2 Å². The molecule has 9 heteroatoms. The van der Waals surface area contributed by atoms with Gasteiger partial charge in [0, 0.05) is 12.1 Å². The summed E-state index contributed by atoms with van der Waals surface area (Å²) in [5, 5.41) is 1.84. The predicted octanol–water partition coefficient (Wildman–Crippen LogP) is 0.749. The molecule has 1 aromatic rings. The van der Waals surface area contributed by atoms with E-state index in [2.05, 4.69) is 15.1 Å². The SMILES string of the molecule is NC1CCC(N=C2C=C(NS(=O)(=O)c3ccccc3)C3=NCCN3N2)CC1. The highest BCUT2D eigenvalue weighted by Crippen LogP contribution is 2.21. The molecule has 2 heterocycles. The topological polar surface area (TPSA) is 112 Å². The van der Waals surface area contributed by atoms with Gasteiger partial charge in [0.15, 0.2) is 5.84 Å². The molecule has 4 rings (SSSR count). The summed E-state index contributed by atoms with van der Waals surface area (Å²) in [7, 11) is -3.69. The second kappa shape index (κ2) is 7.32. The number of benzene rings is 1. The molecule has 0 atom stereocenters. The van der Waals surface area contributed by atoms with Gasteiger partial charge in [0.1, 0.15) is 5.84 Å². The molecule has 4 N–H and O–H groups in total. The number of nitrogens with zero attached hydrogens (tertiary/aromatic N) is 3. The third-order valence-corrected chi connectivity index (χ3v) is 6.35. The molecule has 8 nitrogen and oxygen atoms in total. The number of hydrazine groups is 1. The van der Waals surface area contributed by atoms with Crippen molar-refractivity contribution in [2.24, 2.45) is 15.7 Å². The Hall–Kier alpha value is -2.39. The van der Waals surface area contributed by atoms with Crippen molar-refractivity contribution >= 4 is 21.7 Å². The number of rotatable bonds is 4. The quantitative estimate of drug-likeness (QED) is 0.705. The molecule has 1 fully saturated rings. The smallest absolute Gasteiger partial charge is 0.262 e. The van der Waals surface area contributed by atoms with E-state index < -0.39 is 10.0 Å². The van der Waals surface area contributed by atoms with Crippen LogP contribution in [0.5, 0.6) is 0 Å². The first-order chi connectivity index (χ1) is 13.0. The van der Waals surface area contributed by atoms with Gasteiger partial charge >= 0.3 is 0 Å². The van der Waals surface area contributed by atoms with Crippen LogP contribution in [0.3, 0.4) is 0 Å². The van der Waals surface area contributed by atoms with Crippen LogP contribution in [-0.2, 0) is 10.0 Å². The van der Waals surface area contributed by atoms with Crippen LogP contribution in [0.1, 0.15) is 25.7 Å². The van der Waals surface area contributed by atoms with E-state index in [4.69, 9.17) is 10.7 Å². The molecule has 0 radical (unpaired) electrons. The monoisotopic (exact) mass is 388 g/mol. The van der Waals surface area contributed by atoms with Gasteiger partial charge in [0.25, 0.3) is 10.0 Å². The molecule has 0 bridgehead atoms. The van der Waals surface area contributed by atoms with Crippen LogP contribution in [0.4, 0.5) is 0 Å². The van der Waals surface area contributed by atoms with Crippen molar-refractivity contribution in [2.75, 3.05) is 13.1 Å². The lowest BCUT2D eigenvalue weighted by molar-refractivity contribution is 0.384. The molecule has 0 spiro atoms. The number of hydrogen-bond donors (Lipinski definition) is 3. The summed E-state index contributed by atoms with van der Waals surface area (Å²) in [6.45, 7) is 1.28. The molecule has 144 valence electrons. The van der Waals surface area contributed by atoms with E-state index in [1.54, 1.807) is 36.4 Å². The number of hydrogen-bond acceptors (Lipinski definition) is 6. The van der Waals surface area contributed by atoms with Gasteiger partial charge in [-0.1, -0.05) is 18.2 Å². The molecule has 0 unspecified atom stereocenters.